The predicted octanol–water partition coefficient (Wildman–Crippen LogP) is 2.99. The van der Waals surface area contributed by atoms with Gasteiger partial charge < -0.3 is 9.84 Å². The number of hydroxylamine groups is 2. The van der Waals surface area contributed by atoms with Gasteiger partial charge in [0.25, 0.3) is 5.91 Å². The van der Waals surface area contributed by atoms with Crippen molar-refractivity contribution in [1.29, 1.82) is 0 Å². The summed E-state index contributed by atoms with van der Waals surface area (Å²) in [5.74, 6) is 0.351. The Labute approximate surface area is 193 Å². The summed E-state index contributed by atoms with van der Waals surface area (Å²) in [4.78, 5) is 31.9. The van der Waals surface area contributed by atoms with Crippen LogP contribution in [0, 0.1) is 30.1 Å². The second-order valence-electron chi connectivity index (χ2n) is 10.2. The van der Waals surface area contributed by atoms with E-state index in [9.17, 15) is 14.7 Å². The summed E-state index contributed by atoms with van der Waals surface area (Å²) in [7, 11) is 3.20. The molecule has 0 bridgehead atoms. The number of carbonyl (C=O) groups is 2. The fourth-order valence-corrected chi connectivity index (χ4v) is 6.05. The van der Waals surface area contributed by atoms with Gasteiger partial charge in [-0.3, -0.25) is 19.3 Å². The molecule has 32 heavy (non-hydrogen) atoms. The molecule has 7 atom stereocenters. The minimum absolute atomic E-state index is 0.0131. The Bertz CT molecular complexity index is 725. The lowest BCUT2D eigenvalue weighted by Crippen LogP contribution is -2.57. The summed E-state index contributed by atoms with van der Waals surface area (Å²) >= 11 is 0. The average Bonchev–Trinajstić information content (AvgIpc) is 2.75. The Balaban J connectivity index is 1.78. The van der Waals surface area contributed by atoms with Crippen LogP contribution in [0.3, 0.4) is 0 Å². The van der Waals surface area contributed by atoms with Gasteiger partial charge >= 0.3 is 5.97 Å². The predicted molar refractivity (Wildman–Crippen MR) is 122 cm³/mol. The van der Waals surface area contributed by atoms with Gasteiger partial charge in [0.15, 0.2) is 0 Å². The molecule has 2 unspecified atom stereocenters. The molecule has 3 aliphatic rings. The van der Waals surface area contributed by atoms with E-state index in [1.165, 1.54) is 19.1 Å². The zero-order valence-electron chi connectivity index (χ0n) is 20.5. The van der Waals surface area contributed by atoms with Crippen LogP contribution in [0.15, 0.2) is 11.6 Å². The lowest BCUT2D eigenvalue weighted by Gasteiger charge is -2.53. The number of hydrogen-bond donors (Lipinski definition) is 1. The van der Waals surface area contributed by atoms with E-state index in [1.807, 2.05) is 13.3 Å². The number of nitrogens with zero attached hydrogens (tertiary/aromatic N) is 2. The molecule has 2 fully saturated rings. The number of piperidine rings is 1. The Morgan fingerprint density at radius 1 is 1.31 bits per heavy atom. The molecule has 7 nitrogen and oxygen atoms in total. The van der Waals surface area contributed by atoms with E-state index in [2.05, 4.69) is 24.8 Å². The molecule has 0 spiro atoms. The van der Waals surface area contributed by atoms with Crippen LogP contribution in [0.1, 0.15) is 59.8 Å². The van der Waals surface area contributed by atoms with Gasteiger partial charge in [-0.2, -0.15) is 0 Å². The zero-order valence-corrected chi connectivity index (χ0v) is 20.5. The molecule has 1 saturated heterocycles. The number of ether oxygens (including phenoxy) is 1. The third-order valence-electron chi connectivity index (χ3n) is 8.06. The van der Waals surface area contributed by atoms with Crippen LogP contribution in [0.5, 0.6) is 0 Å². The molecule has 1 N–H and O–H groups in total. The Kier molecular flexibility index (Phi) is 8.05. The number of rotatable bonds is 6. The van der Waals surface area contributed by atoms with E-state index in [-0.39, 0.29) is 29.8 Å². The summed E-state index contributed by atoms with van der Waals surface area (Å²) in [6.45, 7) is 9.45. The average molecular weight is 450 g/mol. The van der Waals surface area contributed by atoms with Gasteiger partial charge in [-0.25, -0.2) is 5.06 Å². The maximum Gasteiger partial charge on any atom is 0.303 e. The maximum absolute atomic E-state index is 12.8. The Hall–Kier alpha value is -1.44. The molecule has 7 heteroatoms. The molecule has 1 saturated carbocycles. The molecular weight excluding hydrogens is 408 g/mol. The van der Waals surface area contributed by atoms with Gasteiger partial charge in [0, 0.05) is 32.9 Å². The first-order chi connectivity index (χ1) is 15.1. The monoisotopic (exact) mass is 449 g/mol. The SMILES string of the molecule is CON(C)C(=O)C1CCCCN1CC(C)[C@@H]1CC[C@@H](C)[C@]2(O)[CH][C@@H](OC(C)=O)C(C)=C[C@H]12. The standard InChI is InChI=1S/C25H41N2O5/c1-16-13-21-20(11-10-18(3)25(21,30)14-23(16)32-19(4)28)17(2)15-27-12-8-7-9-22(27)24(29)26(5)31-6/h13-14,17-18,20-23,30H,7-12,15H2,1-6H3/t17?,18-,20+,21-,22?,23-,25-/m1/s1. The van der Waals surface area contributed by atoms with Crippen molar-refractivity contribution in [3.05, 3.63) is 18.1 Å². The van der Waals surface area contributed by atoms with Gasteiger partial charge in [-0.1, -0.05) is 26.3 Å². The molecular formula is C25H41N2O5. The third kappa shape index (κ3) is 5.05. The molecule has 0 aromatic heterocycles. The third-order valence-corrected chi connectivity index (χ3v) is 8.06. The minimum atomic E-state index is -0.996. The smallest absolute Gasteiger partial charge is 0.303 e. The number of likely N-dealkylation sites (N-methyl/N-ethyl adjacent to an activating group) is 1. The van der Waals surface area contributed by atoms with Gasteiger partial charge in [-0.05, 0) is 62.5 Å². The van der Waals surface area contributed by atoms with Gasteiger partial charge in [0.05, 0.1) is 18.8 Å². The zero-order chi connectivity index (χ0) is 23.6. The minimum Gasteiger partial charge on any atom is -0.458 e. The van der Waals surface area contributed by atoms with Crippen LogP contribution in [0.4, 0.5) is 0 Å². The number of aliphatic hydroxyl groups is 1. The summed E-state index contributed by atoms with van der Waals surface area (Å²) in [5, 5.41) is 13.1. The van der Waals surface area contributed by atoms with E-state index in [4.69, 9.17) is 9.57 Å². The normalized spacial score (nSPS) is 36.6. The highest BCUT2D eigenvalue weighted by Crippen LogP contribution is 2.51. The van der Waals surface area contributed by atoms with Crippen molar-refractivity contribution in [2.45, 2.75) is 77.5 Å². The molecule has 1 aliphatic heterocycles. The summed E-state index contributed by atoms with van der Waals surface area (Å²) in [6, 6.07) is -0.152. The number of esters is 1. The maximum atomic E-state index is 12.8. The summed E-state index contributed by atoms with van der Waals surface area (Å²) < 4.78 is 5.47. The van der Waals surface area contributed by atoms with E-state index in [0.717, 1.165) is 50.8 Å². The molecule has 0 aromatic rings. The first-order valence-corrected chi connectivity index (χ1v) is 12.1. The topological polar surface area (TPSA) is 79.3 Å². The highest BCUT2D eigenvalue weighted by Gasteiger charge is 2.53. The number of carbonyl (C=O) groups excluding carboxylic acids is 2. The molecule has 1 radical (unpaired) electrons. The second kappa shape index (κ2) is 10.2. The van der Waals surface area contributed by atoms with Crippen LogP contribution < -0.4 is 0 Å². The van der Waals surface area contributed by atoms with Gasteiger partial charge in [-0.15, -0.1) is 0 Å². The fourth-order valence-electron chi connectivity index (χ4n) is 6.05. The first-order valence-electron chi connectivity index (χ1n) is 12.1. The van der Waals surface area contributed by atoms with Crippen LogP contribution in [-0.2, 0) is 19.2 Å². The van der Waals surface area contributed by atoms with E-state index in [1.54, 1.807) is 7.05 Å². The molecule has 1 amide bonds. The second-order valence-corrected chi connectivity index (χ2v) is 10.2. The first kappa shape index (κ1) is 25.2. The molecule has 2 aliphatic carbocycles. The fraction of sp³-hybridized carbons (Fsp3) is 0.800. The van der Waals surface area contributed by atoms with Crippen LogP contribution in [-0.4, -0.2) is 71.9 Å². The van der Waals surface area contributed by atoms with Crippen LogP contribution >= 0.6 is 0 Å². The number of amides is 1. The quantitative estimate of drug-likeness (QED) is 0.382. The van der Waals surface area contributed by atoms with Crippen molar-refractivity contribution in [2.75, 3.05) is 27.2 Å². The van der Waals surface area contributed by atoms with E-state index >= 15 is 0 Å². The summed E-state index contributed by atoms with van der Waals surface area (Å²) in [5.41, 5.74) is -0.0154. The van der Waals surface area contributed by atoms with Crippen molar-refractivity contribution < 1.29 is 24.3 Å². The number of likely N-dealkylation sites (tertiary alicyclic amines) is 1. The van der Waals surface area contributed by atoms with Crippen LogP contribution in [0.25, 0.3) is 0 Å². The van der Waals surface area contributed by atoms with Gasteiger partial charge in [0.1, 0.15) is 6.10 Å². The Morgan fingerprint density at radius 2 is 2.03 bits per heavy atom. The van der Waals surface area contributed by atoms with Crippen molar-refractivity contribution >= 4 is 11.9 Å². The molecule has 1 heterocycles. The molecule has 181 valence electrons. The van der Waals surface area contributed by atoms with Crippen molar-refractivity contribution in [3.8, 4) is 0 Å². The lowest BCUT2D eigenvalue weighted by atomic mass is 9.57. The Morgan fingerprint density at radius 3 is 2.69 bits per heavy atom. The van der Waals surface area contributed by atoms with Crippen molar-refractivity contribution in [2.24, 2.45) is 23.7 Å². The highest BCUT2D eigenvalue weighted by molar-refractivity contribution is 5.80. The molecule has 0 aromatic carbocycles. The lowest BCUT2D eigenvalue weighted by molar-refractivity contribution is -0.176. The molecule has 3 rings (SSSR count). The number of hydrogen-bond acceptors (Lipinski definition) is 6. The van der Waals surface area contributed by atoms with Crippen LogP contribution in [0.2, 0.25) is 0 Å². The van der Waals surface area contributed by atoms with Gasteiger partial charge in [0.2, 0.25) is 0 Å². The highest BCUT2D eigenvalue weighted by atomic mass is 16.7. The largest absolute Gasteiger partial charge is 0.458 e. The van der Waals surface area contributed by atoms with E-state index < -0.39 is 11.7 Å². The number of fused-ring (bicyclic) bond motifs is 1. The van der Waals surface area contributed by atoms with Crippen molar-refractivity contribution in [1.82, 2.24) is 9.96 Å². The van der Waals surface area contributed by atoms with Crippen molar-refractivity contribution in [3.63, 3.8) is 0 Å². The summed E-state index contributed by atoms with van der Waals surface area (Å²) in [6.07, 6.45) is 8.49. The van der Waals surface area contributed by atoms with E-state index in [0.29, 0.717) is 11.8 Å².